The van der Waals surface area contributed by atoms with Gasteiger partial charge in [-0.05, 0) is 43.3 Å². The van der Waals surface area contributed by atoms with E-state index in [1.807, 2.05) is 4.90 Å². The monoisotopic (exact) mass is 436 g/mol. The Morgan fingerprint density at radius 3 is 2.17 bits per heavy atom. The summed E-state index contributed by atoms with van der Waals surface area (Å²) in [6.07, 6.45) is 0. The summed E-state index contributed by atoms with van der Waals surface area (Å²) in [4.78, 5) is 24.5. The van der Waals surface area contributed by atoms with Crippen LogP contribution in [-0.2, 0) is 14.8 Å². The van der Waals surface area contributed by atoms with Crippen molar-refractivity contribution in [2.75, 3.05) is 31.5 Å². The van der Waals surface area contributed by atoms with Crippen molar-refractivity contribution in [3.63, 3.8) is 0 Å². The van der Waals surface area contributed by atoms with Crippen molar-refractivity contribution in [1.29, 1.82) is 0 Å². The Morgan fingerprint density at radius 2 is 1.63 bits per heavy atom. The third kappa shape index (κ3) is 4.81. The third-order valence-electron chi connectivity index (χ3n) is 5.00. The van der Waals surface area contributed by atoms with Gasteiger partial charge in [-0.3, -0.25) is 19.8 Å². The molecule has 1 fully saturated rings. The number of nitrogens with one attached hydrogen (secondary N) is 1. The van der Waals surface area contributed by atoms with Crippen LogP contribution in [0.2, 0.25) is 0 Å². The van der Waals surface area contributed by atoms with Gasteiger partial charge in [0.15, 0.2) is 0 Å². The van der Waals surface area contributed by atoms with Crippen LogP contribution in [0.25, 0.3) is 0 Å². The molecule has 1 atom stereocenters. The normalized spacial score (nSPS) is 16.7. The Bertz CT molecular complexity index is 1020. The molecule has 2 aromatic rings. The Balaban J connectivity index is 1.59. The van der Waals surface area contributed by atoms with E-state index in [9.17, 15) is 27.7 Å². The molecule has 0 bridgehead atoms. The minimum atomic E-state index is -3.78. The van der Waals surface area contributed by atoms with Gasteiger partial charge < -0.3 is 5.32 Å². The van der Waals surface area contributed by atoms with Crippen molar-refractivity contribution in [3.8, 4) is 0 Å². The fourth-order valence-corrected chi connectivity index (χ4v) is 4.59. The van der Waals surface area contributed by atoms with Crippen molar-refractivity contribution in [3.05, 3.63) is 64.5 Å². The molecule has 1 aliphatic rings. The number of hydrogen-bond donors (Lipinski definition) is 1. The number of hydrogen-bond acceptors (Lipinski definition) is 6. The minimum absolute atomic E-state index is 0.0105. The second-order valence-corrected chi connectivity index (χ2v) is 8.80. The van der Waals surface area contributed by atoms with Gasteiger partial charge in [0.05, 0.1) is 15.9 Å². The number of amides is 1. The number of benzene rings is 2. The lowest BCUT2D eigenvalue weighted by atomic mass is 10.2. The number of non-ortho nitro benzene ring substituents is 1. The van der Waals surface area contributed by atoms with Crippen LogP contribution in [-0.4, -0.2) is 60.7 Å². The maximum Gasteiger partial charge on any atom is 0.269 e. The second-order valence-electron chi connectivity index (χ2n) is 6.86. The van der Waals surface area contributed by atoms with Crippen LogP contribution in [0.5, 0.6) is 0 Å². The molecular weight excluding hydrogens is 415 g/mol. The lowest BCUT2D eigenvalue weighted by molar-refractivity contribution is -0.384. The largest absolute Gasteiger partial charge is 0.325 e. The lowest BCUT2D eigenvalue weighted by Gasteiger charge is -2.36. The summed E-state index contributed by atoms with van der Waals surface area (Å²) in [7, 11) is -3.78. The van der Waals surface area contributed by atoms with E-state index in [1.165, 1.54) is 40.7 Å². The van der Waals surface area contributed by atoms with Crippen molar-refractivity contribution in [2.45, 2.75) is 17.9 Å². The van der Waals surface area contributed by atoms with E-state index in [0.717, 1.165) is 12.1 Å². The van der Waals surface area contributed by atoms with E-state index in [1.54, 1.807) is 6.92 Å². The highest BCUT2D eigenvalue weighted by Crippen LogP contribution is 2.21. The van der Waals surface area contributed by atoms with Crippen molar-refractivity contribution < 1.29 is 22.5 Å². The molecule has 1 unspecified atom stereocenters. The Kier molecular flexibility index (Phi) is 6.44. The molecule has 160 valence electrons. The second kappa shape index (κ2) is 8.86. The zero-order valence-corrected chi connectivity index (χ0v) is 17.0. The molecule has 0 spiro atoms. The number of anilines is 1. The molecule has 0 radical (unpaired) electrons. The molecule has 1 N–H and O–H groups in total. The van der Waals surface area contributed by atoms with Gasteiger partial charge in [0, 0.05) is 44.0 Å². The first kappa shape index (κ1) is 21.8. The van der Waals surface area contributed by atoms with E-state index in [4.69, 9.17) is 0 Å². The number of halogens is 1. The summed E-state index contributed by atoms with van der Waals surface area (Å²) >= 11 is 0. The average molecular weight is 436 g/mol. The molecule has 3 rings (SSSR count). The minimum Gasteiger partial charge on any atom is -0.325 e. The molecule has 1 aliphatic heterocycles. The molecule has 0 saturated carbocycles. The standard InChI is InChI=1S/C19H21FN4O5S/c1-14(19(25)21-16-4-2-15(20)3-5-16)22-10-12-23(13-11-22)30(28,29)18-8-6-17(7-9-18)24(26)27/h2-9,14H,10-13H2,1H3,(H,21,25). The highest BCUT2D eigenvalue weighted by molar-refractivity contribution is 7.89. The van der Waals surface area contributed by atoms with E-state index in [0.29, 0.717) is 18.8 Å². The summed E-state index contributed by atoms with van der Waals surface area (Å²) in [5, 5.41) is 13.5. The average Bonchev–Trinajstić information content (AvgIpc) is 2.75. The Hall–Kier alpha value is -2.89. The van der Waals surface area contributed by atoms with Crippen LogP contribution in [0.15, 0.2) is 53.4 Å². The predicted octanol–water partition coefficient (Wildman–Crippen LogP) is 2.07. The van der Waals surface area contributed by atoms with Crippen LogP contribution >= 0.6 is 0 Å². The third-order valence-corrected chi connectivity index (χ3v) is 6.91. The topological polar surface area (TPSA) is 113 Å². The van der Waals surface area contributed by atoms with Crippen molar-refractivity contribution in [1.82, 2.24) is 9.21 Å². The van der Waals surface area contributed by atoms with Crippen molar-refractivity contribution in [2.24, 2.45) is 0 Å². The van der Waals surface area contributed by atoms with Crippen LogP contribution in [0.3, 0.4) is 0 Å². The van der Waals surface area contributed by atoms with Gasteiger partial charge in [-0.1, -0.05) is 0 Å². The summed E-state index contributed by atoms with van der Waals surface area (Å²) < 4.78 is 39.8. The molecule has 1 heterocycles. The number of nitrogens with zero attached hydrogens (tertiary/aromatic N) is 3. The van der Waals surface area contributed by atoms with E-state index >= 15 is 0 Å². The van der Waals surface area contributed by atoms with E-state index in [2.05, 4.69) is 5.32 Å². The van der Waals surface area contributed by atoms with Gasteiger partial charge in [0.25, 0.3) is 5.69 Å². The molecule has 1 amide bonds. The van der Waals surface area contributed by atoms with Gasteiger partial charge in [-0.2, -0.15) is 4.31 Å². The number of rotatable bonds is 6. The smallest absolute Gasteiger partial charge is 0.269 e. The van der Waals surface area contributed by atoms with Crippen LogP contribution in [0, 0.1) is 15.9 Å². The van der Waals surface area contributed by atoms with E-state index in [-0.39, 0.29) is 29.6 Å². The highest BCUT2D eigenvalue weighted by atomic mass is 32.2. The van der Waals surface area contributed by atoms with Gasteiger partial charge in [0.2, 0.25) is 15.9 Å². The SMILES string of the molecule is CC(C(=O)Nc1ccc(F)cc1)N1CCN(S(=O)(=O)c2ccc([N+](=O)[O-])cc2)CC1. The zero-order chi connectivity index (χ0) is 21.9. The van der Waals surface area contributed by atoms with Gasteiger partial charge >= 0.3 is 0 Å². The molecule has 11 heteroatoms. The molecule has 2 aromatic carbocycles. The summed E-state index contributed by atoms with van der Waals surface area (Å²) in [6, 6.07) is 9.69. The fourth-order valence-electron chi connectivity index (χ4n) is 3.17. The number of nitro benzene ring substituents is 1. The van der Waals surface area contributed by atoms with Crippen molar-refractivity contribution >= 4 is 27.3 Å². The zero-order valence-electron chi connectivity index (χ0n) is 16.2. The van der Waals surface area contributed by atoms with Crippen LogP contribution in [0.4, 0.5) is 15.8 Å². The van der Waals surface area contributed by atoms with E-state index < -0.39 is 26.8 Å². The summed E-state index contributed by atoms with van der Waals surface area (Å²) in [5.74, 6) is -0.667. The molecule has 30 heavy (non-hydrogen) atoms. The molecule has 0 aromatic heterocycles. The number of carbonyl (C=O) groups is 1. The van der Waals surface area contributed by atoms with Gasteiger partial charge in [-0.25, -0.2) is 12.8 Å². The molecule has 0 aliphatic carbocycles. The first-order chi connectivity index (χ1) is 14.2. The predicted molar refractivity (Wildman–Crippen MR) is 108 cm³/mol. The first-order valence-electron chi connectivity index (χ1n) is 9.23. The lowest BCUT2D eigenvalue weighted by Crippen LogP contribution is -2.53. The summed E-state index contributed by atoms with van der Waals surface area (Å²) in [5.41, 5.74) is 0.299. The molecule has 9 nitrogen and oxygen atoms in total. The maximum atomic E-state index is 13.0. The molecule has 1 saturated heterocycles. The Labute approximate surface area is 173 Å². The van der Waals surface area contributed by atoms with Crippen LogP contribution in [0.1, 0.15) is 6.92 Å². The van der Waals surface area contributed by atoms with Gasteiger partial charge in [0.1, 0.15) is 5.82 Å². The van der Waals surface area contributed by atoms with Gasteiger partial charge in [-0.15, -0.1) is 0 Å². The number of sulfonamides is 1. The number of carbonyl (C=O) groups excluding carboxylic acids is 1. The quantitative estimate of drug-likeness (QED) is 0.548. The highest BCUT2D eigenvalue weighted by Gasteiger charge is 2.32. The molecular formula is C19H21FN4O5S. The first-order valence-corrected chi connectivity index (χ1v) is 10.7. The van der Waals surface area contributed by atoms with Crippen LogP contribution < -0.4 is 5.32 Å². The fraction of sp³-hybridized carbons (Fsp3) is 0.316. The maximum absolute atomic E-state index is 13.0. The Morgan fingerprint density at radius 1 is 1.07 bits per heavy atom. The number of nitro groups is 1. The summed E-state index contributed by atoms with van der Waals surface area (Å²) in [6.45, 7) is 2.80. The number of piperazine rings is 1.